The number of carbonyl (C=O) groups excluding carboxylic acids is 2. The lowest BCUT2D eigenvalue weighted by Gasteiger charge is -2.35. The molecule has 3 aromatic rings. The Morgan fingerprint density at radius 2 is 1.54 bits per heavy atom. The molecule has 0 radical (unpaired) electrons. The molecule has 0 aromatic heterocycles. The minimum atomic E-state index is -3.80. The zero-order valence-electron chi connectivity index (χ0n) is 23.0. The number of amides is 2. The van der Waals surface area contributed by atoms with Crippen molar-refractivity contribution in [3.63, 3.8) is 0 Å². The SMILES string of the molecule is Cc1ccccc1N(CC(=O)N(Cc1cccc(Br)c1)[C@H](Cc1ccccc1)C(=O)NC(C)(C)C)S(C)(=O)=O. The predicted molar refractivity (Wildman–Crippen MR) is 160 cm³/mol. The number of halogens is 1. The minimum absolute atomic E-state index is 0.124. The van der Waals surface area contributed by atoms with Crippen LogP contribution in [0.2, 0.25) is 0 Å². The van der Waals surface area contributed by atoms with E-state index in [2.05, 4.69) is 21.2 Å². The topological polar surface area (TPSA) is 86.8 Å². The quantitative estimate of drug-likeness (QED) is 0.345. The Hall–Kier alpha value is -3.17. The molecule has 0 heterocycles. The molecule has 2 amide bonds. The summed E-state index contributed by atoms with van der Waals surface area (Å²) in [6.45, 7) is 7.13. The predicted octanol–water partition coefficient (Wildman–Crippen LogP) is 5.08. The highest BCUT2D eigenvalue weighted by Gasteiger charge is 2.34. The number of rotatable bonds is 10. The molecule has 3 aromatic carbocycles. The first-order chi connectivity index (χ1) is 18.2. The van der Waals surface area contributed by atoms with Crippen LogP contribution in [0.3, 0.4) is 0 Å². The summed E-state index contributed by atoms with van der Waals surface area (Å²) in [5, 5.41) is 3.02. The van der Waals surface area contributed by atoms with Crippen LogP contribution in [-0.2, 0) is 32.6 Å². The third-order valence-corrected chi connectivity index (χ3v) is 7.69. The van der Waals surface area contributed by atoms with Gasteiger partial charge >= 0.3 is 0 Å². The van der Waals surface area contributed by atoms with Crippen LogP contribution < -0.4 is 9.62 Å². The molecule has 0 aliphatic carbocycles. The number of benzene rings is 3. The highest BCUT2D eigenvalue weighted by Crippen LogP contribution is 2.24. The first-order valence-corrected chi connectivity index (χ1v) is 15.3. The molecule has 1 N–H and O–H groups in total. The molecule has 3 rings (SSSR count). The molecule has 1 atom stereocenters. The van der Waals surface area contributed by atoms with Crippen molar-refractivity contribution in [1.82, 2.24) is 10.2 Å². The Morgan fingerprint density at radius 1 is 0.923 bits per heavy atom. The fraction of sp³-hybridized carbons (Fsp3) is 0.333. The van der Waals surface area contributed by atoms with Crippen molar-refractivity contribution in [2.75, 3.05) is 17.1 Å². The molecule has 0 saturated heterocycles. The molecular weight excluding hydrogens is 578 g/mol. The van der Waals surface area contributed by atoms with Gasteiger partial charge in [0.1, 0.15) is 12.6 Å². The molecule has 9 heteroatoms. The molecule has 208 valence electrons. The summed E-state index contributed by atoms with van der Waals surface area (Å²) in [6.07, 6.45) is 1.35. The highest BCUT2D eigenvalue weighted by atomic mass is 79.9. The lowest BCUT2D eigenvalue weighted by atomic mass is 10.0. The van der Waals surface area contributed by atoms with E-state index in [1.807, 2.05) is 81.4 Å². The summed E-state index contributed by atoms with van der Waals surface area (Å²) in [7, 11) is -3.80. The van der Waals surface area contributed by atoms with Crippen LogP contribution in [-0.4, -0.2) is 49.5 Å². The van der Waals surface area contributed by atoms with Crippen molar-refractivity contribution < 1.29 is 18.0 Å². The van der Waals surface area contributed by atoms with Gasteiger partial charge in [-0.1, -0.05) is 76.6 Å². The maximum atomic E-state index is 14.1. The summed E-state index contributed by atoms with van der Waals surface area (Å²) in [4.78, 5) is 29.3. The second-order valence-electron chi connectivity index (χ2n) is 10.7. The lowest BCUT2D eigenvalue weighted by molar-refractivity contribution is -0.140. The van der Waals surface area contributed by atoms with E-state index in [4.69, 9.17) is 0 Å². The number of nitrogens with zero attached hydrogens (tertiary/aromatic N) is 2. The lowest BCUT2D eigenvalue weighted by Crippen LogP contribution is -2.56. The number of hydrogen-bond acceptors (Lipinski definition) is 4. The third kappa shape index (κ3) is 8.93. The van der Waals surface area contributed by atoms with Crippen molar-refractivity contribution in [2.45, 2.75) is 52.2 Å². The van der Waals surface area contributed by atoms with Gasteiger partial charge in [0, 0.05) is 23.0 Å². The van der Waals surface area contributed by atoms with Gasteiger partial charge in [-0.25, -0.2) is 8.42 Å². The van der Waals surface area contributed by atoms with Gasteiger partial charge in [0.05, 0.1) is 11.9 Å². The molecule has 7 nitrogen and oxygen atoms in total. The van der Waals surface area contributed by atoms with Gasteiger partial charge in [0.2, 0.25) is 21.8 Å². The summed E-state index contributed by atoms with van der Waals surface area (Å²) in [6, 6.07) is 23.1. The van der Waals surface area contributed by atoms with Crippen LogP contribution in [0.4, 0.5) is 5.69 Å². The van der Waals surface area contributed by atoms with Crippen molar-refractivity contribution >= 4 is 43.5 Å². The van der Waals surface area contributed by atoms with Gasteiger partial charge in [-0.15, -0.1) is 0 Å². The van der Waals surface area contributed by atoms with Crippen molar-refractivity contribution in [3.05, 3.63) is 100 Å². The maximum Gasteiger partial charge on any atom is 0.244 e. The fourth-order valence-electron chi connectivity index (χ4n) is 4.28. The van der Waals surface area contributed by atoms with Crippen LogP contribution in [0.1, 0.15) is 37.5 Å². The van der Waals surface area contributed by atoms with Crippen LogP contribution in [0.5, 0.6) is 0 Å². The molecule has 0 aliphatic heterocycles. The van der Waals surface area contributed by atoms with E-state index < -0.39 is 34.1 Å². The number of sulfonamides is 1. The van der Waals surface area contributed by atoms with Crippen molar-refractivity contribution in [2.24, 2.45) is 0 Å². The maximum absolute atomic E-state index is 14.1. The van der Waals surface area contributed by atoms with Gasteiger partial charge in [-0.3, -0.25) is 13.9 Å². The van der Waals surface area contributed by atoms with Crippen LogP contribution in [0.25, 0.3) is 0 Å². The van der Waals surface area contributed by atoms with Crippen LogP contribution >= 0.6 is 15.9 Å². The number of aryl methyl sites for hydroxylation is 1. The third-order valence-electron chi connectivity index (χ3n) is 6.07. The van der Waals surface area contributed by atoms with E-state index in [9.17, 15) is 18.0 Å². The Bertz CT molecular complexity index is 1400. The second kappa shape index (κ2) is 12.8. The zero-order chi connectivity index (χ0) is 28.8. The molecule has 39 heavy (non-hydrogen) atoms. The molecule has 0 spiro atoms. The number of carbonyl (C=O) groups is 2. The molecular formula is C30H36BrN3O4S. The molecule has 0 bridgehead atoms. The Morgan fingerprint density at radius 3 is 2.13 bits per heavy atom. The monoisotopic (exact) mass is 613 g/mol. The number of hydrogen-bond donors (Lipinski definition) is 1. The molecule has 0 saturated carbocycles. The van der Waals surface area contributed by atoms with E-state index >= 15 is 0 Å². The summed E-state index contributed by atoms with van der Waals surface area (Å²) < 4.78 is 27.7. The van der Waals surface area contributed by atoms with E-state index in [1.54, 1.807) is 25.1 Å². The number of nitrogens with one attached hydrogen (secondary N) is 1. The summed E-state index contributed by atoms with van der Waals surface area (Å²) >= 11 is 3.48. The van der Waals surface area contributed by atoms with Crippen LogP contribution in [0, 0.1) is 6.92 Å². The number of anilines is 1. The summed E-state index contributed by atoms with van der Waals surface area (Å²) in [5.74, 6) is -0.787. The van der Waals surface area contributed by atoms with Gasteiger partial charge in [0.15, 0.2) is 0 Å². The van der Waals surface area contributed by atoms with E-state index in [1.165, 1.54) is 4.90 Å². The Balaban J connectivity index is 2.09. The first-order valence-electron chi connectivity index (χ1n) is 12.7. The van der Waals surface area contributed by atoms with Gasteiger partial charge in [0.25, 0.3) is 0 Å². The molecule has 0 fully saturated rings. The standard InChI is InChI=1S/C30H36BrN3O4S/c1-22-12-9-10-17-26(22)34(39(5,37)38)21-28(35)33(20-24-15-11-16-25(31)18-24)27(29(36)32-30(2,3)4)19-23-13-7-6-8-14-23/h6-18,27H,19-21H2,1-5H3,(H,32,36)/t27-/m1/s1. The average Bonchev–Trinajstić information content (AvgIpc) is 2.84. The first kappa shape index (κ1) is 30.4. The van der Waals surface area contributed by atoms with Gasteiger partial charge in [-0.05, 0) is 62.6 Å². The fourth-order valence-corrected chi connectivity index (χ4v) is 5.63. The highest BCUT2D eigenvalue weighted by molar-refractivity contribution is 9.10. The zero-order valence-corrected chi connectivity index (χ0v) is 25.4. The minimum Gasteiger partial charge on any atom is -0.350 e. The van der Waals surface area contributed by atoms with Gasteiger partial charge in [-0.2, -0.15) is 0 Å². The second-order valence-corrected chi connectivity index (χ2v) is 13.5. The van der Waals surface area contributed by atoms with Gasteiger partial charge < -0.3 is 10.2 Å². The Kier molecular flexibility index (Phi) is 9.96. The normalized spacial score (nSPS) is 12.5. The largest absolute Gasteiger partial charge is 0.350 e. The average molecular weight is 615 g/mol. The summed E-state index contributed by atoms with van der Waals surface area (Å²) in [5.41, 5.74) is 2.31. The van der Waals surface area contributed by atoms with E-state index in [0.29, 0.717) is 5.69 Å². The van der Waals surface area contributed by atoms with Crippen LogP contribution in [0.15, 0.2) is 83.3 Å². The van der Waals surface area contributed by atoms with Crippen molar-refractivity contribution in [1.29, 1.82) is 0 Å². The van der Waals surface area contributed by atoms with E-state index in [0.717, 1.165) is 31.7 Å². The van der Waals surface area contributed by atoms with E-state index in [-0.39, 0.29) is 18.9 Å². The number of para-hydroxylation sites is 1. The van der Waals surface area contributed by atoms with Crippen molar-refractivity contribution in [3.8, 4) is 0 Å². The molecule has 0 unspecified atom stereocenters. The molecule has 0 aliphatic rings. The Labute approximate surface area is 240 Å². The smallest absolute Gasteiger partial charge is 0.244 e.